The monoisotopic (exact) mass is 275 g/mol. The number of nitrogens with zero attached hydrogens (tertiary/aromatic N) is 2. The molecule has 0 bridgehead atoms. The van der Waals surface area contributed by atoms with Crippen molar-refractivity contribution in [1.82, 2.24) is 10.3 Å². The Bertz CT molecular complexity index is 456. The smallest absolute Gasteiger partial charge is 0.133 e. The van der Waals surface area contributed by atoms with Crippen molar-refractivity contribution in [3.63, 3.8) is 0 Å². The van der Waals surface area contributed by atoms with E-state index in [9.17, 15) is 0 Å². The fourth-order valence-corrected chi connectivity index (χ4v) is 3.03. The van der Waals surface area contributed by atoms with E-state index in [1.54, 1.807) is 0 Å². The lowest BCUT2D eigenvalue weighted by Crippen LogP contribution is -2.39. The SMILES string of the molecule is CCNCc1c(C)cc(C)nc1N1CCC(C)C(C)C1. The van der Waals surface area contributed by atoms with Crippen molar-refractivity contribution in [1.29, 1.82) is 0 Å². The highest BCUT2D eigenvalue weighted by Crippen LogP contribution is 2.29. The summed E-state index contributed by atoms with van der Waals surface area (Å²) < 4.78 is 0. The maximum atomic E-state index is 4.86. The van der Waals surface area contributed by atoms with Crippen LogP contribution in [0.5, 0.6) is 0 Å². The van der Waals surface area contributed by atoms with Gasteiger partial charge in [-0.2, -0.15) is 0 Å². The molecule has 0 spiro atoms. The van der Waals surface area contributed by atoms with Gasteiger partial charge >= 0.3 is 0 Å². The van der Waals surface area contributed by atoms with Crippen LogP contribution in [0.2, 0.25) is 0 Å². The van der Waals surface area contributed by atoms with Gasteiger partial charge in [0.15, 0.2) is 0 Å². The molecule has 112 valence electrons. The van der Waals surface area contributed by atoms with E-state index in [0.29, 0.717) is 0 Å². The Morgan fingerprint density at radius 1 is 1.30 bits per heavy atom. The largest absolute Gasteiger partial charge is 0.356 e. The topological polar surface area (TPSA) is 28.2 Å². The zero-order valence-electron chi connectivity index (χ0n) is 13.7. The minimum atomic E-state index is 0.748. The minimum absolute atomic E-state index is 0.748. The molecule has 1 aromatic heterocycles. The van der Waals surface area contributed by atoms with E-state index in [1.807, 2.05) is 0 Å². The second kappa shape index (κ2) is 6.57. The van der Waals surface area contributed by atoms with E-state index in [2.05, 4.69) is 50.9 Å². The number of rotatable bonds is 4. The maximum absolute atomic E-state index is 4.86. The summed E-state index contributed by atoms with van der Waals surface area (Å²) >= 11 is 0. The quantitative estimate of drug-likeness (QED) is 0.914. The number of hydrogen-bond acceptors (Lipinski definition) is 3. The molecule has 1 N–H and O–H groups in total. The minimum Gasteiger partial charge on any atom is -0.356 e. The molecule has 0 aromatic carbocycles. The van der Waals surface area contributed by atoms with E-state index in [1.165, 1.54) is 23.4 Å². The Morgan fingerprint density at radius 2 is 2.05 bits per heavy atom. The number of aryl methyl sites for hydroxylation is 2. The molecule has 3 nitrogen and oxygen atoms in total. The van der Waals surface area contributed by atoms with Gasteiger partial charge in [0.05, 0.1) is 0 Å². The molecule has 0 radical (unpaired) electrons. The summed E-state index contributed by atoms with van der Waals surface area (Å²) in [6.07, 6.45) is 1.27. The number of anilines is 1. The van der Waals surface area contributed by atoms with Crippen LogP contribution < -0.4 is 10.2 Å². The lowest BCUT2D eigenvalue weighted by Gasteiger charge is -2.37. The molecule has 1 saturated heterocycles. The molecule has 0 saturated carbocycles. The highest BCUT2D eigenvalue weighted by molar-refractivity contribution is 5.52. The standard InChI is InChI=1S/C17H29N3/c1-6-18-10-16-13(3)9-15(5)19-17(16)20-8-7-12(2)14(4)11-20/h9,12,14,18H,6-8,10-11H2,1-5H3. The van der Waals surface area contributed by atoms with Gasteiger partial charge in [0.1, 0.15) is 5.82 Å². The van der Waals surface area contributed by atoms with Crippen LogP contribution in [0.15, 0.2) is 6.07 Å². The first-order valence-electron chi connectivity index (χ1n) is 7.95. The Labute approximate surface area is 123 Å². The summed E-state index contributed by atoms with van der Waals surface area (Å²) in [5.41, 5.74) is 3.86. The zero-order chi connectivity index (χ0) is 14.7. The van der Waals surface area contributed by atoms with Gasteiger partial charge in [-0.05, 0) is 50.3 Å². The number of nitrogens with one attached hydrogen (secondary N) is 1. The Balaban J connectivity index is 2.29. The Kier molecular flexibility index (Phi) is 5.03. The number of hydrogen-bond donors (Lipinski definition) is 1. The second-order valence-electron chi connectivity index (χ2n) is 6.35. The van der Waals surface area contributed by atoms with Gasteiger partial charge in [0, 0.05) is 30.9 Å². The molecule has 1 fully saturated rings. The predicted molar refractivity (Wildman–Crippen MR) is 86.2 cm³/mol. The lowest BCUT2D eigenvalue weighted by atomic mass is 9.88. The third kappa shape index (κ3) is 3.32. The van der Waals surface area contributed by atoms with Crippen molar-refractivity contribution in [2.75, 3.05) is 24.5 Å². The van der Waals surface area contributed by atoms with Gasteiger partial charge in [0.2, 0.25) is 0 Å². The van der Waals surface area contributed by atoms with Gasteiger partial charge in [0.25, 0.3) is 0 Å². The van der Waals surface area contributed by atoms with Crippen molar-refractivity contribution >= 4 is 5.82 Å². The molecule has 1 aliphatic heterocycles. The summed E-state index contributed by atoms with van der Waals surface area (Å²) in [5.74, 6) is 2.79. The molecule has 2 unspecified atom stereocenters. The zero-order valence-corrected chi connectivity index (χ0v) is 13.7. The predicted octanol–water partition coefficient (Wildman–Crippen LogP) is 3.29. The molecule has 0 amide bonds. The van der Waals surface area contributed by atoms with Gasteiger partial charge < -0.3 is 10.2 Å². The molecule has 20 heavy (non-hydrogen) atoms. The summed E-state index contributed by atoms with van der Waals surface area (Å²) in [4.78, 5) is 7.35. The molecular formula is C17H29N3. The van der Waals surface area contributed by atoms with Crippen LogP contribution in [0.25, 0.3) is 0 Å². The highest BCUT2D eigenvalue weighted by Gasteiger charge is 2.25. The molecule has 2 rings (SSSR count). The van der Waals surface area contributed by atoms with Gasteiger partial charge in [-0.15, -0.1) is 0 Å². The average molecular weight is 275 g/mol. The lowest BCUT2D eigenvalue weighted by molar-refractivity contribution is 0.322. The maximum Gasteiger partial charge on any atom is 0.133 e. The van der Waals surface area contributed by atoms with Crippen LogP contribution in [0.3, 0.4) is 0 Å². The van der Waals surface area contributed by atoms with E-state index < -0.39 is 0 Å². The third-order valence-corrected chi connectivity index (χ3v) is 4.64. The molecule has 1 aromatic rings. The average Bonchev–Trinajstić information content (AvgIpc) is 2.40. The van der Waals surface area contributed by atoms with Crippen molar-refractivity contribution < 1.29 is 0 Å². The fraction of sp³-hybridized carbons (Fsp3) is 0.706. The van der Waals surface area contributed by atoms with Crippen molar-refractivity contribution in [3.05, 3.63) is 22.9 Å². The Morgan fingerprint density at radius 3 is 2.70 bits per heavy atom. The van der Waals surface area contributed by atoms with Crippen molar-refractivity contribution in [2.45, 2.75) is 47.6 Å². The molecular weight excluding hydrogens is 246 g/mol. The van der Waals surface area contributed by atoms with E-state index in [-0.39, 0.29) is 0 Å². The van der Waals surface area contributed by atoms with Crippen LogP contribution in [-0.2, 0) is 6.54 Å². The number of aromatic nitrogens is 1. The molecule has 2 atom stereocenters. The van der Waals surface area contributed by atoms with Crippen molar-refractivity contribution in [2.24, 2.45) is 11.8 Å². The van der Waals surface area contributed by atoms with Crippen LogP contribution in [0, 0.1) is 25.7 Å². The van der Waals surface area contributed by atoms with Gasteiger partial charge in [-0.25, -0.2) is 4.98 Å². The van der Waals surface area contributed by atoms with E-state index >= 15 is 0 Å². The third-order valence-electron chi connectivity index (χ3n) is 4.64. The van der Waals surface area contributed by atoms with Crippen molar-refractivity contribution in [3.8, 4) is 0 Å². The fourth-order valence-electron chi connectivity index (χ4n) is 3.03. The summed E-state index contributed by atoms with van der Waals surface area (Å²) in [6, 6.07) is 2.20. The van der Waals surface area contributed by atoms with Crippen LogP contribution in [0.4, 0.5) is 5.82 Å². The van der Waals surface area contributed by atoms with E-state index in [0.717, 1.165) is 43.7 Å². The van der Waals surface area contributed by atoms with E-state index in [4.69, 9.17) is 4.98 Å². The molecule has 3 heteroatoms. The first-order chi connectivity index (χ1) is 9.52. The molecule has 1 aliphatic rings. The van der Waals surface area contributed by atoms with Gasteiger partial charge in [-0.3, -0.25) is 0 Å². The number of pyridine rings is 1. The summed E-state index contributed by atoms with van der Waals surface area (Å²) in [6.45, 7) is 15.4. The molecule has 2 heterocycles. The second-order valence-corrected chi connectivity index (χ2v) is 6.35. The van der Waals surface area contributed by atoms with Gasteiger partial charge in [-0.1, -0.05) is 20.8 Å². The highest BCUT2D eigenvalue weighted by atomic mass is 15.2. The molecule has 0 aliphatic carbocycles. The van der Waals surface area contributed by atoms with Crippen LogP contribution in [-0.4, -0.2) is 24.6 Å². The summed E-state index contributed by atoms with van der Waals surface area (Å²) in [5, 5.41) is 3.46. The normalized spacial score (nSPS) is 23.1. The Hall–Kier alpha value is -1.09. The van der Waals surface area contributed by atoms with Crippen LogP contribution in [0.1, 0.15) is 44.0 Å². The number of piperidine rings is 1. The first kappa shape index (κ1) is 15.3. The van der Waals surface area contributed by atoms with Crippen LogP contribution >= 0.6 is 0 Å². The first-order valence-corrected chi connectivity index (χ1v) is 7.95. The summed E-state index contributed by atoms with van der Waals surface area (Å²) in [7, 11) is 0.